The topological polar surface area (TPSA) is 32.3 Å². The molecule has 1 atom stereocenters. The van der Waals surface area contributed by atoms with Gasteiger partial charge in [0.2, 0.25) is 5.91 Å². The minimum atomic E-state index is -0.174. The number of nitrogens with zero attached hydrogens (tertiary/aromatic N) is 1. The Morgan fingerprint density at radius 3 is 2.57 bits per heavy atom. The molecule has 4 heteroatoms. The number of nitrogens with one attached hydrogen (secondary N) is 1. The number of carbonyl (C=O) groups excluding carboxylic acids is 1. The van der Waals surface area contributed by atoms with Gasteiger partial charge in [0, 0.05) is 6.54 Å². The van der Waals surface area contributed by atoms with E-state index < -0.39 is 0 Å². The van der Waals surface area contributed by atoms with Crippen molar-refractivity contribution in [2.45, 2.75) is 75.9 Å². The van der Waals surface area contributed by atoms with E-state index in [-0.39, 0.29) is 5.54 Å². The van der Waals surface area contributed by atoms with Crippen molar-refractivity contribution in [3.05, 3.63) is 0 Å². The number of hydrogen-bond donors (Lipinski definition) is 1. The zero-order valence-electron chi connectivity index (χ0n) is 13.4. The molecule has 120 valence electrons. The summed E-state index contributed by atoms with van der Waals surface area (Å²) in [6.07, 6.45) is 14.8. The Morgan fingerprint density at radius 1 is 1.19 bits per heavy atom. The summed E-state index contributed by atoms with van der Waals surface area (Å²) in [7, 11) is 0. The second-order valence-electron chi connectivity index (χ2n) is 7.12. The van der Waals surface area contributed by atoms with Gasteiger partial charge in [0.15, 0.2) is 0 Å². The van der Waals surface area contributed by atoms with Crippen LogP contribution in [0.15, 0.2) is 0 Å². The molecule has 3 aliphatic rings. The number of thioether (sulfide) groups is 1. The molecule has 0 radical (unpaired) electrons. The van der Waals surface area contributed by atoms with Crippen molar-refractivity contribution in [2.75, 3.05) is 18.6 Å². The van der Waals surface area contributed by atoms with Crippen LogP contribution in [-0.2, 0) is 4.79 Å². The highest BCUT2D eigenvalue weighted by atomic mass is 32.2. The standard InChI is InChI=1S/C17H30N2OS/c1-21-13-7-6-12-19-15(14-8-2-3-9-14)18-17(16(19)20)10-4-5-11-17/h14-15,18H,2-13H2,1H3. The third-order valence-electron chi connectivity index (χ3n) is 5.73. The molecular weight excluding hydrogens is 280 g/mol. The Hall–Kier alpha value is -0.220. The predicted octanol–water partition coefficient (Wildman–Crippen LogP) is 3.39. The Labute approximate surface area is 133 Å². The first-order chi connectivity index (χ1) is 10.3. The van der Waals surface area contributed by atoms with Crippen molar-refractivity contribution in [1.29, 1.82) is 0 Å². The van der Waals surface area contributed by atoms with Gasteiger partial charge in [-0.25, -0.2) is 0 Å². The van der Waals surface area contributed by atoms with E-state index in [2.05, 4.69) is 16.5 Å². The lowest BCUT2D eigenvalue weighted by molar-refractivity contribution is -0.133. The normalized spacial score (nSPS) is 29.1. The van der Waals surface area contributed by atoms with Crippen molar-refractivity contribution >= 4 is 17.7 Å². The minimum Gasteiger partial charge on any atom is -0.325 e. The van der Waals surface area contributed by atoms with Crippen LogP contribution in [0.4, 0.5) is 0 Å². The number of hydrogen-bond acceptors (Lipinski definition) is 3. The number of carbonyl (C=O) groups is 1. The Bertz CT molecular complexity index is 362. The second kappa shape index (κ2) is 6.91. The smallest absolute Gasteiger partial charge is 0.244 e. The van der Waals surface area contributed by atoms with E-state index >= 15 is 0 Å². The molecule has 1 N–H and O–H groups in total. The van der Waals surface area contributed by atoms with E-state index in [1.54, 1.807) is 0 Å². The van der Waals surface area contributed by atoms with E-state index in [9.17, 15) is 4.79 Å². The molecular formula is C17H30N2OS. The van der Waals surface area contributed by atoms with Crippen molar-refractivity contribution in [2.24, 2.45) is 5.92 Å². The summed E-state index contributed by atoms with van der Waals surface area (Å²) in [5, 5.41) is 3.82. The Balaban J connectivity index is 1.67. The highest BCUT2D eigenvalue weighted by molar-refractivity contribution is 7.98. The van der Waals surface area contributed by atoms with Crippen LogP contribution < -0.4 is 5.32 Å². The first kappa shape index (κ1) is 15.7. The molecule has 3 fully saturated rings. The molecule has 3 nitrogen and oxygen atoms in total. The molecule has 2 aliphatic carbocycles. The van der Waals surface area contributed by atoms with Gasteiger partial charge in [0.1, 0.15) is 0 Å². The SMILES string of the molecule is CSCCCCN1C(=O)C2(CCCC2)NC1C1CCCC1. The summed E-state index contributed by atoms with van der Waals surface area (Å²) >= 11 is 1.91. The van der Waals surface area contributed by atoms with Crippen molar-refractivity contribution in [3.63, 3.8) is 0 Å². The summed E-state index contributed by atoms with van der Waals surface area (Å²) in [5.41, 5.74) is -0.174. The summed E-state index contributed by atoms with van der Waals surface area (Å²) in [4.78, 5) is 15.3. The van der Waals surface area contributed by atoms with Gasteiger partial charge < -0.3 is 4.90 Å². The lowest BCUT2D eigenvalue weighted by atomic mass is 9.97. The zero-order valence-corrected chi connectivity index (χ0v) is 14.2. The van der Waals surface area contributed by atoms with E-state index in [0.717, 1.165) is 25.8 Å². The van der Waals surface area contributed by atoms with Crippen molar-refractivity contribution in [3.8, 4) is 0 Å². The number of amides is 1. The minimum absolute atomic E-state index is 0.174. The average molecular weight is 311 g/mol. The van der Waals surface area contributed by atoms with Crippen molar-refractivity contribution < 1.29 is 4.79 Å². The highest BCUT2D eigenvalue weighted by Gasteiger charge is 2.53. The summed E-state index contributed by atoms with van der Waals surface area (Å²) in [5.74, 6) is 2.35. The quantitative estimate of drug-likeness (QED) is 0.763. The van der Waals surface area contributed by atoms with E-state index in [1.165, 1.54) is 50.7 Å². The Kier molecular flexibility index (Phi) is 5.15. The van der Waals surface area contributed by atoms with Gasteiger partial charge in [-0.1, -0.05) is 25.7 Å². The fourth-order valence-electron chi connectivity index (χ4n) is 4.58. The molecule has 3 rings (SSSR count). The van der Waals surface area contributed by atoms with Crippen LogP contribution in [-0.4, -0.2) is 41.1 Å². The lowest BCUT2D eigenvalue weighted by Gasteiger charge is -2.29. The van der Waals surface area contributed by atoms with Crippen LogP contribution in [0.3, 0.4) is 0 Å². The molecule has 0 aromatic carbocycles. The summed E-state index contributed by atoms with van der Waals surface area (Å²) in [6, 6.07) is 0. The molecule has 1 amide bonds. The zero-order chi connectivity index (χ0) is 14.7. The fraction of sp³-hybridized carbons (Fsp3) is 0.941. The first-order valence-corrected chi connectivity index (χ1v) is 10.2. The van der Waals surface area contributed by atoms with Gasteiger partial charge in [0.05, 0.1) is 11.7 Å². The van der Waals surface area contributed by atoms with Gasteiger partial charge >= 0.3 is 0 Å². The maximum absolute atomic E-state index is 13.0. The van der Waals surface area contributed by atoms with Gasteiger partial charge in [-0.2, -0.15) is 11.8 Å². The van der Waals surface area contributed by atoms with Crippen LogP contribution in [0.2, 0.25) is 0 Å². The summed E-state index contributed by atoms with van der Waals surface area (Å²) < 4.78 is 0. The number of unbranched alkanes of at least 4 members (excludes halogenated alkanes) is 1. The maximum Gasteiger partial charge on any atom is 0.244 e. The monoisotopic (exact) mass is 310 g/mol. The first-order valence-electron chi connectivity index (χ1n) is 8.84. The third-order valence-corrected chi connectivity index (χ3v) is 6.43. The Morgan fingerprint density at radius 2 is 1.90 bits per heavy atom. The molecule has 1 saturated heterocycles. The predicted molar refractivity (Wildman–Crippen MR) is 89.4 cm³/mol. The molecule has 1 aliphatic heterocycles. The van der Waals surface area contributed by atoms with Crippen LogP contribution in [0.5, 0.6) is 0 Å². The van der Waals surface area contributed by atoms with Gasteiger partial charge in [0.25, 0.3) is 0 Å². The highest BCUT2D eigenvalue weighted by Crippen LogP contribution is 2.41. The van der Waals surface area contributed by atoms with Gasteiger partial charge in [-0.05, 0) is 56.5 Å². The van der Waals surface area contributed by atoms with Gasteiger partial charge in [-0.15, -0.1) is 0 Å². The van der Waals surface area contributed by atoms with Gasteiger partial charge in [-0.3, -0.25) is 10.1 Å². The summed E-state index contributed by atoms with van der Waals surface area (Å²) in [6.45, 7) is 0.968. The molecule has 0 aromatic heterocycles. The van der Waals surface area contributed by atoms with E-state index in [1.807, 2.05) is 11.8 Å². The van der Waals surface area contributed by atoms with Crippen LogP contribution in [0, 0.1) is 5.92 Å². The number of rotatable bonds is 6. The van der Waals surface area contributed by atoms with Crippen LogP contribution in [0.1, 0.15) is 64.2 Å². The molecule has 2 saturated carbocycles. The van der Waals surface area contributed by atoms with Crippen LogP contribution in [0.25, 0.3) is 0 Å². The molecule has 1 unspecified atom stereocenters. The van der Waals surface area contributed by atoms with E-state index in [0.29, 0.717) is 18.0 Å². The molecule has 21 heavy (non-hydrogen) atoms. The van der Waals surface area contributed by atoms with E-state index in [4.69, 9.17) is 0 Å². The molecule has 0 aromatic rings. The molecule has 0 bridgehead atoms. The molecule has 1 spiro atoms. The average Bonchev–Trinajstić information content (AvgIpc) is 3.21. The second-order valence-corrected chi connectivity index (χ2v) is 8.11. The molecule has 1 heterocycles. The van der Waals surface area contributed by atoms with Crippen molar-refractivity contribution in [1.82, 2.24) is 10.2 Å². The van der Waals surface area contributed by atoms with Crippen LogP contribution >= 0.6 is 11.8 Å². The maximum atomic E-state index is 13.0. The third kappa shape index (κ3) is 3.12. The fourth-order valence-corrected chi connectivity index (χ4v) is 5.07. The largest absolute Gasteiger partial charge is 0.325 e. The lowest BCUT2D eigenvalue weighted by Crippen LogP contribution is -2.46.